The minimum absolute atomic E-state index is 0.0517. The number of amides is 1. The van der Waals surface area contributed by atoms with Gasteiger partial charge in [-0.2, -0.15) is 5.26 Å². The molecule has 1 aliphatic heterocycles. The second-order valence-electron chi connectivity index (χ2n) is 3.95. The van der Waals surface area contributed by atoms with Crippen molar-refractivity contribution in [2.75, 3.05) is 19.6 Å². The van der Waals surface area contributed by atoms with Gasteiger partial charge in [0.15, 0.2) is 0 Å². The summed E-state index contributed by atoms with van der Waals surface area (Å²) < 4.78 is 0. The molecule has 0 aromatic heterocycles. The van der Waals surface area contributed by atoms with Gasteiger partial charge in [-0.3, -0.25) is 4.79 Å². The number of carbonyl (C=O) groups is 1. The van der Waals surface area contributed by atoms with Crippen molar-refractivity contribution in [3.05, 3.63) is 0 Å². The van der Waals surface area contributed by atoms with Gasteiger partial charge < -0.3 is 10.2 Å². The Kier molecular flexibility index (Phi) is 3.90. The summed E-state index contributed by atoms with van der Waals surface area (Å²) in [5.74, 6) is 0.241. The van der Waals surface area contributed by atoms with Gasteiger partial charge in [0, 0.05) is 31.6 Å². The molecule has 0 aromatic rings. The highest BCUT2D eigenvalue weighted by Gasteiger charge is 2.24. The summed E-state index contributed by atoms with van der Waals surface area (Å²) in [6.07, 6.45) is 0.474. The molecular formula is C10H17N3O. The molecule has 1 fully saturated rings. The van der Waals surface area contributed by atoms with Crippen molar-refractivity contribution in [1.29, 1.82) is 5.26 Å². The number of rotatable bonds is 2. The quantitative estimate of drug-likeness (QED) is 0.692. The fraction of sp³-hybridized carbons (Fsp3) is 0.800. The van der Waals surface area contributed by atoms with Gasteiger partial charge in [0.1, 0.15) is 0 Å². The molecule has 1 atom stereocenters. The summed E-state index contributed by atoms with van der Waals surface area (Å²) in [6.45, 7) is 6.04. The topological polar surface area (TPSA) is 56.1 Å². The molecule has 0 spiro atoms. The van der Waals surface area contributed by atoms with Crippen LogP contribution in [0.4, 0.5) is 0 Å². The summed E-state index contributed by atoms with van der Waals surface area (Å²) in [7, 11) is 0. The van der Waals surface area contributed by atoms with Crippen LogP contribution in [0.25, 0.3) is 0 Å². The van der Waals surface area contributed by atoms with Gasteiger partial charge in [-0.1, -0.05) is 13.8 Å². The van der Waals surface area contributed by atoms with Gasteiger partial charge in [0.2, 0.25) is 5.91 Å². The monoisotopic (exact) mass is 195 g/mol. The van der Waals surface area contributed by atoms with E-state index in [1.807, 2.05) is 18.7 Å². The predicted molar refractivity (Wildman–Crippen MR) is 53.4 cm³/mol. The Morgan fingerprint density at radius 2 is 2.43 bits per heavy atom. The van der Waals surface area contributed by atoms with Crippen molar-refractivity contribution < 1.29 is 4.79 Å². The van der Waals surface area contributed by atoms with E-state index in [0.717, 1.165) is 13.1 Å². The van der Waals surface area contributed by atoms with Crippen molar-refractivity contribution in [2.24, 2.45) is 5.92 Å². The number of nitrogens with zero attached hydrogens (tertiary/aromatic N) is 2. The molecule has 14 heavy (non-hydrogen) atoms. The molecule has 0 aliphatic carbocycles. The lowest BCUT2D eigenvalue weighted by atomic mass is 10.1. The summed E-state index contributed by atoms with van der Waals surface area (Å²) in [6, 6.07) is 2.28. The Hall–Kier alpha value is -1.08. The van der Waals surface area contributed by atoms with Crippen molar-refractivity contribution in [3.63, 3.8) is 0 Å². The maximum absolute atomic E-state index is 11.7. The van der Waals surface area contributed by atoms with Crippen molar-refractivity contribution >= 4 is 5.91 Å². The summed E-state index contributed by atoms with van der Waals surface area (Å²) in [5, 5.41) is 11.8. The van der Waals surface area contributed by atoms with Crippen molar-refractivity contribution in [1.82, 2.24) is 10.2 Å². The minimum Gasteiger partial charge on any atom is -0.340 e. The van der Waals surface area contributed by atoms with E-state index >= 15 is 0 Å². The Morgan fingerprint density at radius 3 is 3.00 bits per heavy atom. The van der Waals surface area contributed by atoms with Crippen LogP contribution in [-0.2, 0) is 4.79 Å². The zero-order valence-electron chi connectivity index (χ0n) is 8.79. The SMILES string of the molecule is CC(C)C(=O)N1CCNC(CC#N)C1. The van der Waals surface area contributed by atoms with Gasteiger partial charge in [-0.05, 0) is 0 Å². The van der Waals surface area contributed by atoms with Gasteiger partial charge in [-0.25, -0.2) is 0 Å². The van der Waals surface area contributed by atoms with Crippen LogP contribution < -0.4 is 5.32 Å². The molecule has 1 saturated heterocycles. The molecule has 1 amide bonds. The molecule has 1 aliphatic rings. The average Bonchev–Trinajstić information content (AvgIpc) is 2.17. The van der Waals surface area contributed by atoms with Crippen LogP contribution >= 0.6 is 0 Å². The third kappa shape index (κ3) is 2.71. The molecule has 0 aromatic carbocycles. The second kappa shape index (κ2) is 4.97. The van der Waals surface area contributed by atoms with E-state index in [-0.39, 0.29) is 17.9 Å². The first kappa shape index (κ1) is 11.0. The molecule has 0 saturated carbocycles. The van der Waals surface area contributed by atoms with E-state index in [2.05, 4.69) is 11.4 Å². The Labute approximate surface area is 84.9 Å². The first-order valence-corrected chi connectivity index (χ1v) is 5.04. The molecule has 4 nitrogen and oxygen atoms in total. The van der Waals surface area contributed by atoms with Crippen LogP contribution in [0.2, 0.25) is 0 Å². The van der Waals surface area contributed by atoms with Crippen LogP contribution in [0.15, 0.2) is 0 Å². The number of nitrogens with one attached hydrogen (secondary N) is 1. The minimum atomic E-state index is 0.0517. The third-order valence-electron chi connectivity index (χ3n) is 2.40. The number of piperazine rings is 1. The van der Waals surface area contributed by atoms with Crippen LogP contribution in [0.5, 0.6) is 0 Å². The van der Waals surface area contributed by atoms with Gasteiger partial charge in [0.05, 0.1) is 12.5 Å². The van der Waals surface area contributed by atoms with Crippen molar-refractivity contribution in [2.45, 2.75) is 26.3 Å². The standard InChI is InChI=1S/C10H17N3O/c1-8(2)10(14)13-6-5-12-9(7-13)3-4-11/h8-9,12H,3,5-7H2,1-2H3. The highest BCUT2D eigenvalue weighted by atomic mass is 16.2. The van der Waals surface area contributed by atoms with Crippen LogP contribution in [0.3, 0.4) is 0 Å². The molecule has 0 bridgehead atoms. The smallest absolute Gasteiger partial charge is 0.225 e. The predicted octanol–water partition coefficient (Wildman–Crippen LogP) is 0.356. The van der Waals surface area contributed by atoms with E-state index in [1.165, 1.54) is 0 Å². The Bertz CT molecular complexity index is 244. The zero-order valence-corrected chi connectivity index (χ0v) is 8.79. The fourth-order valence-electron chi connectivity index (χ4n) is 1.64. The molecular weight excluding hydrogens is 178 g/mol. The van der Waals surface area contributed by atoms with E-state index < -0.39 is 0 Å². The van der Waals surface area contributed by atoms with Crippen LogP contribution in [0.1, 0.15) is 20.3 Å². The molecule has 1 N–H and O–H groups in total. The van der Waals surface area contributed by atoms with E-state index in [1.54, 1.807) is 0 Å². The lowest BCUT2D eigenvalue weighted by Crippen LogP contribution is -2.53. The highest BCUT2D eigenvalue weighted by Crippen LogP contribution is 2.07. The van der Waals surface area contributed by atoms with Crippen molar-refractivity contribution in [3.8, 4) is 6.07 Å². The molecule has 1 rings (SSSR count). The van der Waals surface area contributed by atoms with E-state index in [0.29, 0.717) is 13.0 Å². The molecule has 78 valence electrons. The number of carbonyl (C=O) groups excluding carboxylic acids is 1. The maximum atomic E-state index is 11.7. The normalized spacial score (nSPS) is 22.1. The Morgan fingerprint density at radius 1 is 1.71 bits per heavy atom. The van der Waals surface area contributed by atoms with Gasteiger partial charge in [-0.15, -0.1) is 0 Å². The summed E-state index contributed by atoms with van der Waals surface area (Å²) in [5.41, 5.74) is 0. The first-order chi connectivity index (χ1) is 6.65. The van der Waals surface area contributed by atoms with Gasteiger partial charge in [0.25, 0.3) is 0 Å². The lowest BCUT2D eigenvalue weighted by molar-refractivity contribution is -0.135. The highest BCUT2D eigenvalue weighted by molar-refractivity contribution is 5.78. The van der Waals surface area contributed by atoms with Gasteiger partial charge >= 0.3 is 0 Å². The third-order valence-corrected chi connectivity index (χ3v) is 2.40. The van der Waals surface area contributed by atoms with Crippen LogP contribution in [-0.4, -0.2) is 36.5 Å². The fourth-order valence-corrected chi connectivity index (χ4v) is 1.64. The molecule has 1 heterocycles. The molecule has 0 radical (unpaired) electrons. The summed E-state index contributed by atoms with van der Waals surface area (Å²) in [4.78, 5) is 13.5. The second-order valence-corrected chi connectivity index (χ2v) is 3.95. The Balaban J connectivity index is 2.48. The maximum Gasteiger partial charge on any atom is 0.225 e. The number of hydrogen-bond acceptors (Lipinski definition) is 3. The molecule has 4 heteroatoms. The summed E-state index contributed by atoms with van der Waals surface area (Å²) >= 11 is 0. The average molecular weight is 195 g/mol. The molecule has 1 unspecified atom stereocenters. The number of nitriles is 1. The zero-order chi connectivity index (χ0) is 10.6. The van der Waals surface area contributed by atoms with Crippen LogP contribution in [0, 0.1) is 17.2 Å². The van der Waals surface area contributed by atoms with E-state index in [9.17, 15) is 4.79 Å². The lowest BCUT2D eigenvalue weighted by Gasteiger charge is -2.33. The van der Waals surface area contributed by atoms with E-state index in [4.69, 9.17) is 5.26 Å². The first-order valence-electron chi connectivity index (χ1n) is 5.04. The largest absolute Gasteiger partial charge is 0.340 e. The number of hydrogen-bond donors (Lipinski definition) is 1.